The normalized spacial score (nSPS) is 10.6. The third-order valence-electron chi connectivity index (χ3n) is 3.38. The van der Waals surface area contributed by atoms with Crippen LogP contribution in [0.1, 0.15) is 16.1 Å². The minimum Gasteiger partial charge on any atom is -0.481 e. The Kier molecular flexibility index (Phi) is 3.95. The fraction of sp³-hybridized carbons (Fsp3) is 0.125. The number of fused-ring (bicyclic) bond motifs is 1. The third kappa shape index (κ3) is 2.94. The molecule has 0 fully saturated rings. The summed E-state index contributed by atoms with van der Waals surface area (Å²) in [7, 11) is 1.44. The number of carbonyl (C=O) groups is 1. The average Bonchev–Trinajstić information content (AvgIpc) is 2.55. The van der Waals surface area contributed by atoms with Gasteiger partial charge in [-0.25, -0.2) is 14.4 Å². The second kappa shape index (κ2) is 6.07. The Balaban J connectivity index is 1.99. The van der Waals surface area contributed by atoms with Crippen LogP contribution in [0.3, 0.4) is 0 Å². The van der Waals surface area contributed by atoms with Crippen molar-refractivity contribution < 1.29 is 13.9 Å². The zero-order valence-electron chi connectivity index (χ0n) is 12.9. The number of nitrogens with zero attached hydrogens (tertiary/aromatic N) is 2. The van der Waals surface area contributed by atoms with Crippen molar-refractivity contribution >= 4 is 22.5 Å². The number of amides is 1. The first-order valence-corrected chi connectivity index (χ1v) is 6.99. The van der Waals surface area contributed by atoms with Gasteiger partial charge in [0.25, 0.3) is 11.5 Å². The molecule has 2 heterocycles. The number of methoxy groups -OCH3 is 1. The molecule has 0 aliphatic rings. The van der Waals surface area contributed by atoms with Gasteiger partial charge in [-0.05, 0) is 19.1 Å². The lowest BCUT2D eigenvalue weighted by Crippen LogP contribution is -2.15. The predicted octanol–water partition coefficient (Wildman–Crippen LogP) is 2.03. The molecule has 3 rings (SSSR count). The van der Waals surface area contributed by atoms with Gasteiger partial charge in [-0.1, -0.05) is 0 Å². The Morgan fingerprint density at radius 2 is 2.08 bits per heavy atom. The quantitative estimate of drug-likeness (QED) is 0.767. The number of aromatic amines is 1. The van der Waals surface area contributed by atoms with Crippen LogP contribution >= 0.6 is 0 Å². The molecule has 122 valence electrons. The number of carbonyl (C=O) groups excluding carboxylic acids is 1. The highest BCUT2D eigenvalue weighted by molar-refractivity contribution is 6.05. The number of halogens is 1. The SMILES string of the molecule is COc1cc(C(=O)Nc2cc3c(=O)[nH]cnc3cc2F)cc(C)n1. The predicted molar refractivity (Wildman–Crippen MR) is 85.8 cm³/mol. The molecule has 2 N–H and O–H groups in total. The minimum atomic E-state index is -0.688. The van der Waals surface area contributed by atoms with Gasteiger partial charge in [-0.3, -0.25) is 9.59 Å². The smallest absolute Gasteiger partial charge is 0.258 e. The molecule has 0 unspecified atom stereocenters. The molecule has 0 saturated carbocycles. The molecule has 0 atom stereocenters. The number of anilines is 1. The maximum atomic E-state index is 14.1. The molecular weight excluding hydrogens is 315 g/mol. The minimum absolute atomic E-state index is 0.112. The third-order valence-corrected chi connectivity index (χ3v) is 3.38. The van der Waals surface area contributed by atoms with Crippen molar-refractivity contribution in [1.82, 2.24) is 15.0 Å². The van der Waals surface area contributed by atoms with Crippen LogP contribution in [0.2, 0.25) is 0 Å². The summed E-state index contributed by atoms with van der Waals surface area (Å²) in [5.74, 6) is -0.955. The molecule has 8 heteroatoms. The maximum Gasteiger partial charge on any atom is 0.258 e. The molecule has 0 aliphatic heterocycles. The summed E-state index contributed by atoms with van der Waals surface area (Å²) in [6.07, 6.45) is 1.19. The van der Waals surface area contributed by atoms with Crippen LogP contribution in [-0.4, -0.2) is 28.0 Å². The van der Waals surface area contributed by atoms with E-state index in [9.17, 15) is 14.0 Å². The average molecular weight is 328 g/mol. The van der Waals surface area contributed by atoms with Crippen molar-refractivity contribution in [3.63, 3.8) is 0 Å². The van der Waals surface area contributed by atoms with Gasteiger partial charge < -0.3 is 15.0 Å². The second-order valence-electron chi connectivity index (χ2n) is 5.07. The van der Waals surface area contributed by atoms with Crippen LogP contribution in [0, 0.1) is 12.7 Å². The van der Waals surface area contributed by atoms with Crippen LogP contribution in [0.25, 0.3) is 10.9 Å². The number of benzene rings is 1. The molecule has 0 radical (unpaired) electrons. The molecule has 3 aromatic rings. The molecule has 24 heavy (non-hydrogen) atoms. The highest BCUT2D eigenvalue weighted by Crippen LogP contribution is 2.21. The molecule has 0 spiro atoms. The van der Waals surface area contributed by atoms with Crippen molar-refractivity contribution in [3.05, 3.63) is 58.0 Å². The first kappa shape index (κ1) is 15.6. The molecule has 0 bridgehead atoms. The van der Waals surface area contributed by atoms with Gasteiger partial charge in [0, 0.05) is 23.4 Å². The van der Waals surface area contributed by atoms with Crippen LogP contribution in [-0.2, 0) is 0 Å². The Bertz CT molecular complexity index is 1000. The van der Waals surface area contributed by atoms with Crippen molar-refractivity contribution in [2.75, 3.05) is 12.4 Å². The summed E-state index contributed by atoms with van der Waals surface area (Å²) < 4.78 is 19.2. The van der Waals surface area contributed by atoms with Crippen LogP contribution in [0.4, 0.5) is 10.1 Å². The van der Waals surface area contributed by atoms with Gasteiger partial charge in [0.2, 0.25) is 5.88 Å². The maximum absolute atomic E-state index is 14.1. The summed E-state index contributed by atoms with van der Waals surface area (Å²) in [5, 5.41) is 2.62. The summed E-state index contributed by atoms with van der Waals surface area (Å²) in [6.45, 7) is 1.71. The highest BCUT2D eigenvalue weighted by Gasteiger charge is 2.14. The Labute approximate surface area is 135 Å². The number of aromatic nitrogens is 3. The molecule has 1 amide bonds. The summed E-state index contributed by atoms with van der Waals surface area (Å²) in [5.41, 5.74) is 0.519. The zero-order valence-corrected chi connectivity index (χ0v) is 12.9. The van der Waals surface area contributed by atoms with Crippen LogP contribution in [0.5, 0.6) is 5.88 Å². The van der Waals surface area contributed by atoms with Gasteiger partial charge in [0.1, 0.15) is 5.82 Å². The van der Waals surface area contributed by atoms with E-state index < -0.39 is 17.3 Å². The summed E-state index contributed by atoms with van der Waals surface area (Å²) >= 11 is 0. The highest BCUT2D eigenvalue weighted by atomic mass is 19.1. The lowest BCUT2D eigenvalue weighted by Gasteiger charge is -2.09. The number of pyridine rings is 1. The van der Waals surface area contributed by atoms with E-state index in [2.05, 4.69) is 20.3 Å². The molecule has 1 aromatic carbocycles. The summed E-state index contributed by atoms with van der Waals surface area (Å²) in [6, 6.07) is 5.33. The van der Waals surface area contributed by atoms with Crippen molar-refractivity contribution in [2.45, 2.75) is 6.92 Å². The van der Waals surface area contributed by atoms with E-state index in [0.29, 0.717) is 5.69 Å². The van der Waals surface area contributed by atoms with Gasteiger partial charge in [0.15, 0.2) is 0 Å². The van der Waals surface area contributed by atoms with E-state index in [1.54, 1.807) is 13.0 Å². The fourth-order valence-electron chi connectivity index (χ4n) is 2.25. The largest absolute Gasteiger partial charge is 0.481 e. The van der Waals surface area contributed by atoms with Crippen molar-refractivity contribution in [3.8, 4) is 5.88 Å². The fourth-order valence-corrected chi connectivity index (χ4v) is 2.25. The van der Waals surface area contributed by atoms with Crippen molar-refractivity contribution in [2.24, 2.45) is 0 Å². The monoisotopic (exact) mass is 328 g/mol. The van der Waals surface area contributed by atoms with E-state index in [1.807, 2.05) is 0 Å². The first-order chi connectivity index (χ1) is 11.5. The first-order valence-electron chi connectivity index (χ1n) is 6.99. The molecule has 7 nitrogen and oxygen atoms in total. The Morgan fingerprint density at radius 1 is 1.29 bits per heavy atom. The van der Waals surface area contributed by atoms with Gasteiger partial charge in [0.05, 0.1) is 30.0 Å². The number of aryl methyl sites for hydroxylation is 1. The van der Waals surface area contributed by atoms with Crippen LogP contribution in [0.15, 0.2) is 35.4 Å². The van der Waals surface area contributed by atoms with Crippen LogP contribution < -0.4 is 15.6 Å². The number of hydrogen-bond acceptors (Lipinski definition) is 5. The van der Waals surface area contributed by atoms with Gasteiger partial charge in [-0.15, -0.1) is 0 Å². The number of H-pyrrole nitrogens is 1. The Hall–Kier alpha value is -3.29. The second-order valence-corrected chi connectivity index (χ2v) is 5.07. The molecule has 2 aromatic heterocycles. The van der Waals surface area contributed by atoms with Crippen molar-refractivity contribution in [1.29, 1.82) is 0 Å². The molecule has 0 saturated heterocycles. The number of nitrogens with one attached hydrogen (secondary N) is 2. The topological polar surface area (TPSA) is 97.0 Å². The van der Waals surface area contributed by atoms with Gasteiger partial charge >= 0.3 is 0 Å². The summed E-state index contributed by atoms with van der Waals surface area (Å²) in [4.78, 5) is 34.5. The van der Waals surface area contributed by atoms with E-state index in [0.717, 1.165) is 6.07 Å². The van der Waals surface area contributed by atoms with E-state index in [4.69, 9.17) is 4.74 Å². The number of hydrogen-bond donors (Lipinski definition) is 2. The van der Waals surface area contributed by atoms with E-state index in [1.165, 1.54) is 25.6 Å². The van der Waals surface area contributed by atoms with E-state index >= 15 is 0 Å². The lowest BCUT2D eigenvalue weighted by atomic mass is 10.2. The lowest BCUT2D eigenvalue weighted by molar-refractivity contribution is 0.102. The molecule has 0 aliphatic carbocycles. The Morgan fingerprint density at radius 3 is 2.83 bits per heavy atom. The van der Waals surface area contributed by atoms with Gasteiger partial charge in [-0.2, -0.15) is 0 Å². The van der Waals surface area contributed by atoms with E-state index in [-0.39, 0.29) is 28.0 Å². The number of rotatable bonds is 3. The number of ether oxygens (including phenoxy) is 1. The molecular formula is C16H13FN4O3. The zero-order chi connectivity index (χ0) is 17.3. The standard InChI is InChI=1S/C16H13FN4O3/c1-8-3-9(4-14(20-8)24-2)15(22)21-13-5-10-12(6-11(13)17)18-7-19-16(10)23/h3-7H,1-2H3,(H,21,22)(H,18,19,23).